The maximum atomic E-state index is 13.0. The minimum absolute atomic E-state index is 0.248. The smallest absolute Gasteiger partial charge is 0.280 e. The molecule has 0 saturated heterocycles. The van der Waals surface area contributed by atoms with Crippen molar-refractivity contribution >= 4 is 11.6 Å². The Morgan fingerprint density at radius 2 is 1.96 bits per heavy atom. The fourth-order valence-electron chi connectivity index (χ4n) is 3.03. The van der Waals surface area contributed by atoms with E-state index in [0.29, 0.717) is 29.4 Å². The fraction of sp³-hybridized carbons (Fsp3) is 0.200. The molecule has 0 fully saturated rings. The average Bonchev–Trinajstić information content (AvgIpc) is 3.12. The minimum Gasteiger partial charge on any atom is -0.492 e. The summed E-state index contributed by atoms with van der Waals surface area (Å²) in [6.45, 7) is 2.67. The fourth-order valence-corrected chi connectivity index (χ4v) is 3.03. The van der Waals surface area contributed by atoms with Gasteiger partial charge >= 0.3 is 0 Å². The van der Waals surface area contributed by atoms with Crippen LogP contribution in [0.2, 0.25) is 0 Å². The third kappa shape index (κ3) is 2.60. The zero-order chi connectivity index (χ0) is 18.1. The molecular formula is C20H18N2O4. The van der Waals surface area contributed by atoms with Gasteiger partial charge in [0, 0.05) is 7.05 Å². The van der Waals surface area contributed by atoms with E-state index in [9.17, 15) is 4.79 Å². The van der Waals surface area contributed by atoms with Gasteiger partial charge in [0.15, 0.2) is 11.5 Å². The average molecular weight is 350 g/mol. The van der Waals surface area contributed by atoms with Crippen LogP contribution in [0.15, 0.2) is 53.1 Å². The van der Waals surface area contributed by atoms with E-state index in [4.69, 9.17) is 14.0 Å². The van der Waals surface area contributed by atoms with E-state index in [1.807, 2.05) is 55.5 Å². The van der Waals surface area contributed by atoms with Gasteiger partial charge in [0.1, 0.15) is 18.1 Å². The van der Waals surface area contributed by atoms with Crippen molar-refractivity contribution in [1.82, 2.24) is 5.16 Å². The Morgan fingerprint density at radius 1 is 1.19 bits per heavy atom. The number of hydrogen-bond donors (Lipinski definition) is 0. The molecule has 0 radical (unpaired) electrons. The third-order valence-corrected chi connectivity index (χ3v) is 4.33. The number of fused-ring (bicyclic) bond motifs is 3. The van der Waals surface area contributed by atoms with Gasteiger partial charge in [0.05, 0.1) is 23.4 Å². The first-order chi connectivity index (χ1) is 12.7. The molecule has 1 aliphatic heterocycles. The molecule has 1 aliphatic rings. The van der Waals surface area contributed by atoms with Crippen molar-refractivity contribution in [1.29, 1.82) is 0 Å². The molecule has 0 saturated carbocycles. The number of carbonyl (C=O) groups is 1. The normalized spacial score (nSPS) is 11.9. The maximum absolute atomic E-state index is 13.0. The number of rotatable bonds is 4. The Hall–Kier alpha value is -3.28. The van der Waals surface area contributed by atoms with Crippen molar-refractivity contribution in [3.8, 4) is 22.8 Å². The molecule has 1 amide bonds. The van der Waals surface area contributed by atoms with Crippen LogP contribution in [0.3, 0.4) is 0 Å². The van der Waals surface area contributed by atoms with E-state index in [0.717, 1.165) is 11.3 Å². The van der Waals surface area contributed by atoms with Gasteiger partial charge in [-0.2, -0.15) is 0 Å². The molecule has 2 aromatic carbocycles. The number of carbonyl (C=O) groups excluding carboxylic acids is 1. The van der Waals surface area contributed by atoms with Gasteiger partial charge in [-0.15, -0.1) is 0 Å². The number of aromatic nitrogens is 1. The quantitative estimate of drug-likeness (QED) is 0.714. The highest BCUT2D eigenvalue weighted by molar-refractivity contribution is 6.07. The third-order valence-electron chi connectivity index (χ3n) is 4.33. The number of nitrogens with zero attached hydrogens (tertiary/aromatic N) is 2. The molecule has 1 aromatic heterocycles. The molecule has 0 bridgehead atoms. The molecule has 132 valence electrons. The summed E-state index contributed by atoms with van der Waals surface area (Å²) in [6.07, 6.45) is 0. The van der Waals surface area contributed by atoms with E-state index in [2.05, 4.69) is 5.16 Å². The highest BCUT2D eigenvalue weighted by Crippen LogP contribution is 2.39. The summed E-state index contributed by atoms with van der Waals surface area (Å²) in [5.74, 6) is 1.68. The zero-order valence-electron chi connectivity index (χ0n) is 14.6. The molecule has 0 spiro atoms. The summed E-state index contributed by atoms with van der Waals surface area (Å²) in [5.41, 5.74) is 2.39. The Bertz CT molecular complexity index is 964. The van der Waals surface area contributed by atoms with Gasteiger partial charge in [-0.05, 0) is 31.2 Å². The Morgan fingerprint density at radius 3 is 2.81 bits per heavy atom. The Balaban J connectivity index is 1.70. The van der Waals surface area contributed by atoms with Crippen molar-refractivity contribution in [2.45, 2.75) is 13.5 Å². The van der Waals surface area contributed by atoms with Gasteiger partial charge in [0.25, 0.3) is 5.91 Å². The monoisotopic (exact) mass is 350 g/mol. The molecule has 6 heteroatoms. The van der Waals surface area contributed by atoms with Gasteiger partial charge < -0.3 is 18.9 Å². The van der Waals surface area contributed by atoms with E-state index < -0.39 is 0 Å². The molecule has 0 unspecified atom stereocenters. The summed E-state index contributed by atoms with van der Waals surface area (Å²) < 4.78 is 16.9. The van der Waals surface area contributed by atoms with Crippen LogP contribution in [0.4, 0.5) is 5.69 Å². The lowest BCUT2D eigenvalue weighted by Crippen LogP contribution is -2.28. The number of benzene rings is 2. The molecule has 26 heavy (non-hydrogen) atoms. The second-order valence-corrected chi connectivity index (χ2v) is 5.89. The summed E-state index contributed by atoms with van der Waals surface area (Å²) in [4.78, 5) is 14.6. The van der Waals surface area contributed by atoms with Crippen LogP contribution in [-0.4, -0.2) is 24.7 Å². The summed E-state index contributed by atoms with van der Waals surface area (Å²) in [5, 5.41) is 4.03. The molecule has 4 rings (SSSR count). The minimum atomic E-state index is -0.273. The second-order valence-electron chi connectivity index (χ2n) is 5.89. The molecule has 0 N–H and O–H groups in total. The number of amides is 1. The first kappa shape index (κ1) is 16.2. The number of ether oxygens (including phenoxy) is 2. The Labute approximate surface area is 150 Å². The summed E-state index contributed by atoms with van der Waals surface area (Å²) in [7, 11) is 1.69. The van der Waals surface area contributed by atoms with Gasteiger partial charge in [-0.1, -0.05) is 29.4 Å². The highest BCUT2D eigenvalue weighted by atomic mass is 16.5. The molecule has 3 aromatic rings. The maximum Gasteiger partial charge on any atom is 0.280 e. The number of para-hydroxylation sites is 3. The number of hydrogen-bond acceptors (Lipinski definition) is 5. The largest absolute Gasteiger partial charge is 0.492 e. The van der Waals surface area contributed by atoms with Gasteiger partial charge in [-0.25, -0.2) is 0 Å². The SMILES string of the molecule is CCOc1ccccc1N(C)C(=O)c1noc2c1COc1ccccc1-2. The lowest BCUT2D eigenvalue weighted by Gasteiger charge is -2.20. The van der Waals surface area contributed by atoms with Crippen molar-refractivity contribution in [2.75, 3.05) is 18.6 Å². The molecule has 6 nitrogen and oxygen atoms in total. The van der Waals surface area contributed by atoms with E-state index >= 15 is 0 Å². The van der Waals surface area contributed by atoms with Crippen molar-refractivity contribution < 1.29 is 18.8 Å². The highest BCUT2D eigenvalue weighted by Gasteiger charge is 2.30. The predicted molar refractivity (Wildman–Crippen MR) is 96.6 cm³/mol. The molecular weight excluding hydrogens is 332 g/mol. The van der Waals surface area contributed by atoms with Crippen LogP contribution in [0.5, 0.6) is 11.5 Å². The zero-order valence-corrected chi connectivity index (χ0v) is 14.6. The first-order valence-corrected chi connectivity index (χ1v) is 8.41. The number of anilines is 1. The van der Waals surface area contributed by atoms with E-state index in [-0.39, 0.29) is 18.2 Å². The lowest BCUT2D eigenvalue weighted by atomic mass is 10.0. The van der Waals surface area contributed by atoms with Crippen LogP contribution in [0.1, 0.15) is 23.0 Å². The Kier molecular flexibility index (Phi) is 4.08. The van der Waals surface area contributed by atoms with Crippen LogP contribution in [-0.2, 0) is 6.61 Å². The van der Waals surface area contributed by atoms with Crippen LogP contribution < -0.4 is 14.4 Å². The predicted octanol–water partition coefficient (Wildman–Crippen LogP) is 3.91. The standard InChI is InChI=1S/C20H18N2O4/c1-3-24-17-11-7-5-9-15(17)22(2)20(23)18-14-12-25-16-10-6-4-8-13(16)19(14)26-21-18/h4-11H,3,12H2,1-2H3. The lowest BCUT2D eigenvalue weighted by molar-refractivity contribution is 0.0981. The molecule has 0 aliphatic carbocycles. The first-order valence-electron chi connectivity index (χ1n) is 8.41. The summed E-state index contributed by atoms with van der Waals surface area (Å²) in [6, 6.07) is 14.9. The van der Waals surface area contributed by atoms with Crippen molar-refractivity contribution in [3.63, 3.8) is 0 Å². The van der Waals surface area contributed by atoms with E-state index in [1.165, 1.54) is 4.90 Å². The van der Waals surface area contributed by atoms with Gasteiger partial charge in [0.2, 0.25) is 0 Å². The second kappa shape index (κ2) is 6.55. The van der Waals surface area contributed by atoms with E-state index in [1.54, 1.807) is 7.05 Å². The van der Waals surface area contributed by atoms with Gasteiger partial charge in [-0.3, -0.25) is 4.79 Å². The topological polar surface area (TPSA) is 64.8 Å². The van der Waals surface area contributed by atoms with Crippen molar-refractivity contribution in [3.05, 3.63) is 59.8 Å². The summed E-state index contributed by atoms with van der Waals surface area (Å²) >= 11 is 0. The molecule has 0 atom stereocenters. The van der Waals surface area contributed by atoms with Crippen molar-refractivity contribution in [2.24, 2.45) is 0 Å². The van der Waals surface area contributed by atoms with Crippen LogP contribution >= 0.6 is 0 Å². The van der Waals surface area contributed by atoms with Crippen LogP contribution in [0, 0.1) is 0 Å². The van der Waals surface area contributed by atoms with Crippen LogP contribution in [0.25, 0.3) is 11.3 Å². The molecule has 2 heterocycles.